The highest BCUT2D eigenvalue weighted by molar-refractivity contribution is 7.89. The number of benzene rings is 2. The largest absolute Gasteiger partial charge is 0.351 e. The average Bonchev–Trinajstić information content (AvgIpc) is 2.88. The van der Waals surface area contributed by atoms with Crippen LogP contribution in [-0.4, -0.2) is 60.3 Å². The fraction of sp³-hybridized carbons (Fsp3) is 0.385. The molecule has 188 valence electrons. The van der Waals surface area contributed by atoms with Crippen LogP contribution in [0.2, 0.25) is 0 Å². The minimum absolute atomic E-state index is 0.0641. The molecular weight excluding hydrogens is 474 g/mol. The Hall–Kier alpha value is -3.21. The number of nitrogens with one attached hydrogen (secondary N) is 2. The molecule has 5 rings (SSSR count). The Morgan fingerprint density at radius 2 is 1.92 bits per heavy atom. The molecule has 36 heavy (non-hydrogen) atoms. The van der Waals surface area contributed by atoms with Gasteiger partial charge in [-0.15, -0.1) is 0 Å². The summed E-state index contributed by atoms with van der Waals surface area (Å²) in [6.07, 6.45) is 5.20. The first kappa shape index (κ1) is 24.5. The van der Waals surface area contributed by atoms with Crippen molar-refractivity contribution >= 4 is 38.7 Å². The lowest BCUT2D eigenvalue weighted by molar-refractivity contribution is 0.320. The molecular formula is C26H31N7O2S. The fourth-order valence-electron chi connectivity index (χ4n) is 5.12. The summed E-state index contributed by atoms with van der Waals surface area (Å²) in [7, 11) is -3.57. The molecule has 2 aromatic carbocycles. The maximum absolute atomic E-state index is 13.3. The molecule has 0 spiro atoms. The zero-order chi connectivity index (χ0) is 25.4. The number of nitrogens with zero attached hydrogens (tertiary/aromatic N) is 4. The highest BCUT2D eigenvalue weighted by Crippen LogP contribution is 2.32. The molecule has 2 aliphatic rings. The van der Waals surface area contributed by atoms with Crippen molar-refractivity contribution in [1.82, 2.24) is 14.3 Å². The smallest absolute Gasteiger partial charge is 0.243 e. The van der Waals surface area contributed by atoms with E-state index in [9.17, 15) is 8.42 Å². The molecule has 3 aromatic rings. The second-order valence-corrected chi connectivity index (χ2v) is 11.6. The van der Waals surface area contributed by atoms with E-state index < -0.39 is 10.0 Å². The molecule has 1 aromatic heterocycles. The monoisotopic (exact) mass is 505 g/mol. The summed E-state index contributed by atoms with van der Waals surface area (Å²) in [6, 6.07) is 9.40. The minimum atomic E-state index is -3.57. The Kier molecular flexibility index (Phi) is 6.59. The van der Waals surface area contributed by atoms with Crippen molar-refractivity contribution in [3.05, 3.63) is 58.9 Å². The topological polar surface area (TPSA) is 140 Å². The summed E-state index contributed by atoms with van der Waals surface area (Å²) in [4.78, 5) is 11.6. The number of piperidine rings is 1. The van der Waals surface area contributed by atoms with Crippen LogP contribution in [0.1, 0.15) is 41.5 Å². The number of hydrogen-bond donors (Lipinski definition) is 3. The van der Waals surface area contributed by atoms with Crippen LogP contribution < -0.4 is 10.6 Å². The van der Waals surface area contributed by atoms with Crippen LogP contribution >= 0.6 is 0 Å². The van der Waals surface area contributed by atoms with Crippen molar-refractivity contribution in [1.29, 1.82) is 10.8 Å². The SMILES string of the molecule is Cc1cc(C(=N)CC=N)cc2c(N3CCc4ccc(S(=O)(=O)N5CCC(N)CC5)cc4C3)ncnc12. The summed E-state index contributed by atoms with van der Waals surface area (Å²) in [5.74, 6) is 0.775. The third kappa shape index (κ3) is 4.52. The van der Waals surface area contributed by atoms with E-state index in [0.717, 1.165) is 51.9 Å². The highest BCUT2D eigenvalue weighted by atomic mass is 32.2. The standard InChI is InChI=1S/C26H31N7O2S/c1-17-12-19(24(29)4-8-27)14-23-25(17)30-16-31-26(23)32-9-5-18-2-3-22(13-20(18)15-32)36(34,35)33-10-6-21(28)7-11-33/h2-3,8,12-14,16,21,27,29H,4-7,9-11,15,28H2,1H3. The molecule has 0 radical (unpaired) electrons. The molecule has 1 saturated heterocycles. The molecule has 0 amide bonds. The Morgan fingerprint density at radius 3 is 2.67 bits per heavy atom. The third-order valence-electron chi connectivity index (χ3n) is 7.19. The van der Waals surface area contributed by atoms with E-state index in [1.54, 1.807) is 16.7 Å². The Labute approximate surface area is 211 Å². The van der Waals surface area contributed by atoms with Crippen molar-refractivity contribution in [3.8, 4) is 0 Å². The van der Waals surface area contributed by atoms with Crippen LogP contribution in [0.15, 0.2) is 41.6 Å². The fourth-order valence-corrected chi connectivity index (χ4v) is 6.64. The Balaban J connectivity index is 1.48. The summed E-state index contributed by atoms with van der Waals surface area (Å²) in [6.45, 7) is 4.16. The van der Waals surface area contributed by atoms with E-state index in [1.165, 1.54) is 6.21 Å². The van der Waals surface area contributed by atoms with Gasteiger partial charge in [0.15, 0.2) is 0 Å². The summed E-state index contributed by atoms with van der Waals surface area (Å²) >= 11 is 0. The number of rotatable bonds is 6. The van der Waals surface area contributed by atoms with Gasteiger partial charge in [0.1, 0.15) is 12.1 Å². The van der Waals surface area contributed by atoms with Crippen LogP contribution in [-0.2, 0) is 23.0 Å². The number of aromatic nitrogens is 2. The Bertz CT molecular complexity index is 1450. The van der Waals surface area contributed by atoms with Crippen molar-refractivity contribution in [3.63, 3.8) is 0 Å². The first-order valence-electron chi connectivity index (χ1n) is 12.2. The lowest BCUT2D eigenvalue weighted by atomic mass is 9.98. The second-order valence-electron chi connectivity index (χ2n) is 9.62. The molecule has 3 heterocycles. The van der Waals surface area contributed by atoms with Gasteiger partial charge in [-0.25, -0.2) is 18.4 Å². The lowest BCUT2D eigenvalue weighted by Crippen LogP contribution is -2.42. The van der Waals surface area contributed by atoms with E-state index in [-0.39, 0.29) is 12.5 Å². The summed E-state index contributed by atoms with van der Waals surface area (Å²) in [5, 5.41) is 16.5. The molecule has 0 atom stereocenters. The van der Waals surface area contributed by atoms with Crippen molar-refractivity contribution in [2.24, 2.45) is 5.73 Å². The maximum atomic E-state index is 13.3. The zero-order valence-electron chi connectivity index (χ0n) is 20.4. The van der Waals surface area contributed by atoms with Gasteiger partial charge in [0.05, 0.1) is 10.4 Å². The maximum Gasteiger partial charge on any atom is 0.243 e. The van der Waals surface area contributed by atoms with E-state index in [0.29, 0.717) is 43.1 Å². The van der Waals surface area contributed by atoms with Gasteiger partial charge in [-0.05, 0) is 72.7 Å². The number of fused-ring (bicyclic) bond motifs is 2. The van der Waals surface area contributed by atoms with Gasteiger partial charge in [-0.1, -0.05) is 6.07 Å². The molecule has 0 unspecified atom stereocenters. The number of sulfonamides is 1. The summed E-state index contributed by atoms with van der Waals surface area (Å²) in [5.41, 5.74) is 11.0. The predicted molar refractivity (Wildman–Crippen MR) is 142 cm³/mol. The minimum Gasteiger partial charge on any atom is -0.351 e. The quantitative estimate of drug-likeness (QED) is 0.440. The van der Waals surface area contributed by atoms with E-state index in [1.807, 2.05) is 31.2 Å². The van der Waals surface area contributed by atoms with Crippen LogP contribution in [0.5, 0.6) is 0 Å². The molecule has 2 aliphatic heterocycles. The number of hydrogen-bond acceptors (Lipinski definition) is 8. The first-order valence-corrected chi connectivity index (χ1v) is 13.7. The molecule has 10 heteroatoms. The van der Waals surface area contributed by atoms with Crippen LogP contribution in [0.4, 0.5) is 5.82 Å². The molecule has 4 N–H and O–H groups in total. The van der Waals surface area contributed by atoms with Gasteiger partial charge in [-0.2, -0.15) is 4.31 Å². The van der Waals surface area contributed by atoms with Gasteiger partial charge >= 0.3 is 0 Å². The molecule has 0 aliphatic carbocycles. The molecule has 1 fully saturated rings. The van der Waals surface area contributed by atoms with Gasteiger partial charge < -0.3 is 21.5 Å². The Morgan fingerprint density at radius 1 is 1.14 bits per heavy atom. The first-order chi connectivity index (χ1) is 17.3. The third-order valence-corrected chi connectivity index (χ3v) is 9.08. The van der Waals surface area contributed by atoms with E-state index >= 15 is 0 Å². The van der Waals surface area contributed by atoms with E-state index in [2.05, 4.69) is 14.9 Å². The average molecular weight is 506 g/mol. The number of anilines is 1. The van der Waals surface area contributed by atoms with Gasteiger partial charge in [0.2, 0.25) is 10.0 Å². The van der Waals surface area contributed by atoms with Gasteiger partial charge in [-0.3, -0.25) is 0 Å². The van der Waals surface area contributed by atoms with Crippen molar-refractivity contribution in [2.75, 3.05) is 24.5 Å². The number of nitrogens with two attached hydrogens (primary N) is 1. The van der Waals surface area contributed by atoms with Crippen molar-refractivity contribution < 1.29 is 8.42 Å². The zero-order valence-corrected chi connectivity index (χ0v) is 21.2. The predicted octanol–water partition coefficient (Wildman–Crippen LogP) is 3.02. The second kappa shape index (κ2) is 9.68. The summed E-state index contributed by atoms with van der Waals surface area (Å²) < 4.78 is 28.2. The van der Waals surface area contributed by atoms with Crippen LogP contribution in [0.3, 0.4) is 0 Å². The van der Waals surface area contributed by atoms with Crippen molar-refractivity contribution in [2.45, 2.75) is 50.1 Å². The van der Waals surface area contributed by atoms with Gasteiger partial charge in [0.25, 0.3) is 0 Å². The molecule has 0 bridgehead atoms. The van der Waals surface area contributed by atoms with Gasteiger partial charge in [0, 0.05) is 56.0 Å². The normalized spacial score (nSPS) is 17.2. The van der Waals surface area contributed by atoms with Crippen LogP contribution in [0.25, 0.3) is 10.9 Å². The molecule has 9 nitrogen and oxygen atoms in total. The van der Waals surface area contributed by atoms with Crippen LogP contribution in [0, 0.1) is 17.7 Å². The van der Waals surface area contributed by atoms with E-state index in [4.69, 9.17) is 16.6 Å². The highest BCUT2D eigenvalue weighted by Gasteiger charge is 2.30. The molecule has 0 saturated carbocycles. The lowest BCUT2D eigenvalue weighted by Gasteiger charge is -2.32. The number of aryl methyl sites for hydroxylation is 1.